The predicted molar refractivity (Wildman–Crippen MR) is 88.4 cm³/mol. The SMILES string of the molecule is COc1cn[nH]c1C(C)(C)CCc1cc(C(C)(C)C)nn1C. The van der Waals surface area contributed by atoms with Crippen LogP contribution in [0.25, 0.3) is 0 Å². The number of hydrogen-bond acceptors (Lipinski definition) is 3. The smallest absolute Gasteiger partial charge is 0.160 e. The normalized spacial score (nSPS) is 12.7. The van der Waals surface area contributed by atoms with E-state index in [1.54, 1.807) is 13.3 Å². The van der Waals surface area contributed by atoms with E-state index in [0.29, 0.717) is 0 Å². The number of aryl methyl sites for hydroxylation is 2. The molecule has 5 nitrogen and oxygen atoms in total. The van der Waals surface area contributed by atoms with Gasteiger partial charge < -0.3 is 4.74 Å². The summed E-state index contributed by atoms with van der Waals surface area (Å²) in [4.78, 5) is 0. The maximum absolute atomic E-state index is 5.38. The largest absolute Gasteiger partial charge is 0.493 e. The molecule has 0 radical (unpaired) electrons. The first-order chi connectivity index (χ1) is 10.1. The minimum Gasteiger partial charge on any atom is -0.493 e. The van der Waals surface area contributed by atoms with Crippen molar-refractivity contribution in [1.82, 2.24) is 20.0 Å². The van der Waals surface area contributed by atoms with Gasteiger partial charge in [-0.1, -0.05) is 34.6 Å². The molecule has 0 aromatic carbocycles. The summed E-state index contributed by atoms with van der Waals surface area (Å²) in [6, 6.07) is 2.22. The number of rotatable bonds is 5. The standard InChI is InChI=1S/C17H28N4O/c1-16(2,3)14-10-12(21(6)20-14)8-9-17(4,5)15-13(22-7)11-18-19-15/h10-11H,8-9H2,1-7H3,(H,18,19). The van der Waals surface area contributed by atoms with E-state index >= 15 is 0 Å². The number of aromatic amines is 1. The topological polar surface area (TPSA) is 55.7 Å². The summed E-state index contributed by atoms with van der Waals surface area (Å²) >= 11 is 0. The highest BCUT2D eigenvalue weighted by molar-refractivity contribution is 5.30. The van der Waals surface area contributed by atoms with Crippen molar-refractivity contribution in [3.63, 3.8) is 0 Å². The van der Waals surface area contributed by atoms with Crippen LogP contribution in [0.3, 0.4) is 0 Å². The van der Waals surface area contributed by atoms with Gasteiger partial charge in [-0.2, -0.15) is 10.2 Å². The molecule has 0 bridgehead atoms. The van der Waals surface area contributed by atoms with E-state index in [9.17, 15) is 0 Å². The van der Waals surface area contributed by atoms with Gasteiger partial charge >= 0.3 is 0 Å². The van der Waals surface area contributed by atoms with Gasteiger partial charge in [-0.25, -0.2) is 0 Å². The Labute approximate surface area is 133 Å². The number of aromatic nitrogens is 4. The third kappa shape index (κ3) is 3.34. The van der Waals surface area contributed by atoms with Crippen molar-refractivity contribution in [1.29, 1.82) is 0 Å². The molecular weight excluding hydrogens is 276 g/mol. The number of ether oxygens (including phenoxy) is 1. The lowest BCUT2D eigenvalue weighted by Gasteiger charge is -2.24. The zero-order valence-electron chi connectivity index (χ0n) is 14.8. The minimum absolute atomic E-state index is 0.0337. The molecule has 2 rings (SSSR count). The van der Waals surface area contributed by atoms with Gasteiger partial charge in [0.1, 0.15) is 0 Å². The van der Waals surface area contributed by atoms with Crippen LogP contribution in [0.1, 0.15) is 58.1 Å². The third-order valence-corrected chi connectivity index (χ3v) is 4.25. The maximum atomic E-state index is 5.38. The first-order valence-electron chi connectivity index (χ1n) is 7.76. The predicted octanol–water partition coefficient (Wildman–Crippen LogP) is 3.36. The van der Waals surface area contributed by atoms with Gasteiger partial charge in [-0.3, -0.25) is 9.78 Å². The van der Waals surface area contributed by atoms with Crippen molar-refractivity contribution in [3.05, 3.63) is 29.3 Å². The van der Waals surface area contributed by atoms with E-state index in [-0.39, 0.29) is 10.8 Å². The molecule has 0 unspecified atom stereocenters. The first kappa shape index (κ1) is 16.6. The molecule has 0 saturated carbocycles. The van der Waals surface area contributed by atoms with Crippen LogP contribution in [0.2, 0.25) is 0 Å². The van der Waals surface area contributed by atoms with Crippen LogP contribution in [-0.4, -0.2) is 27.1 Å². The third-order valence-electron chi connectivity index (χ3n) is 4.25. The second-order valence-corrected chi connectivity index (χ2v) is 7.59. The molecule has 2 aromatic rings. The average Bonchev–Trinajstić information content (AvgIpc) is 3.02. The zero-order chi connectivity index (χ0) is 16.5. The molecule has 0 atom stereocenters. The Hall–Kier alpha value is -1.78. The number of hydrogen-bond donors (Lipinski definition) is 1. The van der Waals surface area contributed by atoms with Crippen LogP contribution in [0, 0.1) is 0 Å². The van der Waals surface area contributed by atoms with Crippen LogP contribution in [0.15, 0.2) is 12.3 Å². The Kier molecular flexibility index (Phi) is 4.36. The van der Waals surface area contributed by atoms with Gasteiger partial charge in [-0.15, -0.1) is 0 Å². The molecule has 0 aliphatic heterocycles. The molecule has 22 heavy (non-hydrogen) atoms. The Morgan fingerprint density at radius 2 is 1.91 bits per heavy atom. The Bertz CT molecular complexity index is 631. The van der Waals surface area contributed by atoms with Gasteiger partial charge in [0.05, 0.1) is 24.7 Å². The molecule has 1 N–H and O–H groups in total. The van der Waals surface area contributed by atoms with E-state index in [4.69, 9.17) is 4.74 Å². The highest BCUT2D eigenvalue weighted by Crippen LogP contribution is 2.33. The van der Waals surface area contributed by atoms with E-state index in [1.165, 1.54) is 5.69 Å². The van der Waals surface area contributed by atoms with Gasteiger partial charge in [0.15, 0.2) is 5.75 Å². The Morgan fingerprint density at radius 1 is 1.23 bits per heavy atom. The van der Waals surface area contributed by atoms with E-state index in [2.05, 4.69) is 56.0 Å². The fourth-order valence-electron chi connectivity index (χ4n) is 2.59. The molecule has 0 amide bonds. The molecule has 0 spiro atoms. The molecule has 0 aliphatic rings. The summed E-state index contributed by atoms with van der Waals surface area (Å²) in [7, 11) is 3.70. The summed E-state index contributed by atoms with van der Waals surface area (Å²) in [5.74, 6) is 0.824. The monoisotopic (exact) mass is 304 g/mol. The first-order valence-corrected chi connectivity index (χ1v) is 7.76. The molecule has 5 heteroatoms. The molecule has 0 saturated heterocycles. The summed E-state index contributed by atoms with van der Waals surface area (Å²) in [6.07, 6.45) is 3.70. The number of nitrogens with one attached hydrogen (secondary N) is 1. The summed E-state index contributed by atoms with van der Waals surface area (Å²) in [5, 5.41) is 11.8. The highest BCUT2D eigenvalue weighted by atomic mass is 16.5. The molecule has 0 fully saturated rings. The number of methoxy groups -OCH3 is 1. The molecule has 2 heterocycles. The summed E-state index contributed by atoms with van der Waals surface area (Å²) in [5.41, 5.74) is 3.50. The lowest BCUT2D eigenvalue weighted by Crippen LogP contribution is -2.20. The quantitative estimate of drug-likeness (QED) is 0.921. The Balaban J connectivity index is 2.14. The van der Waals surface area contributed by atoms with Crippen LogP contribution in [-0.2, 0) is 24.3 Å². The molecular formula is C17H28N4O. The van der Waals surface area contributed by atoms with Crippen molar-refractivity contribution >= 4 is 0 Å². The summed E-state index contributed by atoms with van der Waals surface area (Å²) in [6.45, 7) is 11.0. The Morgan fingerprint density at radius 3 is 2.45 bits per heavy atom. The highest BCUT2D eigenvalue weighted by Gasteiger charge is 2.27. The van der Waals surface area contributed by atoms with Crippen molar-refractivity contribution in [2.75, 3.05) is 7.11 Å². The molecule has 0 aliphatic carbocycles. The van der Waals surface area contributed by atoms with E-state index < -0.39 is 0 Å². The summed E-state index contributed by atoms with van der Waals surface area (Å²) < 4.78 is 7.39. The van der Waals surface area contributed by atoms with Crippen molar-refractivity contribution in [3.8, 4) is 5.75 Å². The number of H-pyrrole nitrogens is 1. The number of nitrogens with zero attached hydrogens (tertiary/aromatic N) is 3. The lowest BCUT2D eigenvalue weighted by molar-refractivity contribution is 0.381. The fourth-order valence-corrected chi connectivity index (χ4v) is 2.59. The zero-order valence-corrected chi connectivity index (χ0v) is 14.8. The van der Waals surface area contributed by atoms with Gasteiger partial charge in [0, 0.05) is 23.6 Å². The van der Waals surface area contributed by atoms with Gasteiger partial charge in [0.2, 0.25) is 0 Å². The van der Waals surface area contributed by atoms with Gasteiger partial charge in [-0.05, 0) is 18.9 Å². The van der Waals surface area contributed by atoms with Crippen molar-refractivity contribution < 1.29 is 4.74 Å². The minimum atomic E-state index is -0.0337. The van der Waals surface area contributed by atoms with Crippen LogP contribution in [0.4, 0.5) is 0 Å². The van der Waals surface area contributed by atoms with Crippen molar-refractivity contribution in [2.24, 2.45) is 7.05 Å². The van der Waals surface area contributed by atoms with Crippen LogP contribution < -0.4 is 4.74 Å². The van der Waals surface area contributed by atoms with E-state index in [0.717, 1.165) is 30.0 Å². The second kappa shape index (κ2) is 5.78. The van der Waals surface area contributed by atoms with Crippen LogP contribution >= 0.6 is 0 Å². The van der Waals surface area contributed by atoms with Crippen molar-refractivity contribution in [2.45, 2.75) is 58.3 Å². The van der Waals surface area contributed by atoms with Gasteiger partial charge in [0.25, 0.3) is 0 Å². The average molecular weight is 304 g/mol. The fraction of sp³-hybridized carbons (Fsp3) is 0.647. The lowest BCUT2D eigenvalue weighted by atomic mass is 9.83. The molecule has 2 aromatic heterocycles. The van der Waals surface area contributed by atoms with Crippen LogP contribution in [0.5, 0.6) is 5.75 Å². The maximum Gasteiger partial charge on any atom is 0.160 e. The second-order valence-electron chi connectivity index (χ2n) is 7.59. The van der Waals surface area contributed by atoms with E-state index in [1.807, 2.05) is 11.7 Å². The molecule has 122 valence electrons.